The van der Waals surface area contributed by atoms with Gasteiger partial charge in [0.15, 0.2) is 5.82 Å². The molecule has 0 saturated heterocycles. The molecule has 0 bridgehead atoms. The van der Waals surface area contributed by atoms with E-state index in [9.17, 15) is 4.79 Å². The highest BCUT2D eigenvalue weighted by Gasteiger charge is 2.25. The lowest BCUT2D eigenvalue weighted by molar-refractivity contribution is -0.122. The molecule has 1 N–H and O–H groups in total. The van der Waals surface area contributed by atoms with Crippen molar-refractivity contribution in [2.75, 3.05) is 12.4 Å². The molecule has 1 heterocycles. The van der Waals surface area contributed by atoms with Crippen molar-refractivity contribution in [3.05, 3.63) is 5.82 Å². The van der Waals surface area contributed by atoms with E-state index in [2.05, 4.69) is 14.7 Å². The molecule has 1 aliphatic carbocycles. The van der Waals surface area contributed by atoms with Crippen LogP contribution >= 0.6 is 11.5 Å². The van der Waals surface area contributed by atoms with Crippen LogP contribution in [0.1, 0.15) is 25.1 Å². The van der Waals surface area contributed by atoms with E-state index in [0.29, 0.717) is 17.6 Å². The second kappa shape index (κ2) is 4.67. The Balaban J connectivity index is 1.89. The Kier molecular flexibility index (Phi) is 3.27. The monoisotopic (exact) mass is 227 g/mol. The molecule has 5 nitrogen and oxygen atoms in total. The molecule has 0 spiro atoms. The van der Waals surface area contributed by atoms with E-state index >= 15 is 0 Å². The van der Waals surface area contributed by atoms with Crippen LogP contribution in [0, 0.1) is 5.92 Å². The Labute approximate surface area is 92.0 Å². The molecule has 1 saturated carbocycles. The zero-order chi connectivity index (χ0) is 10.7. The number of aromatic nitrogens is 2. The third-order valence-corrected chi connectivity index (χ3v) is 3.12. The quantitative estimate of drug-likeness (QED) is 0.845. The third-order valence-electron chi connectivity index (χ3n) is 2.45. The number of nitrogens with one attached hydrogen (secondary N) is 1. The number of nitrogens with zero attached hydrogens (tertiary/aromatic N) is 2. The summed E-state index contributed by atoms with van der Waals surface area (Å²) in [4.78, 5) is 15.7. The average molecular weight is 227 g/mol. The van der Waals surface area contributed by atoms with E-state index in [0.717, 1.165) is 19.3 Å². The van der Waals surface area contributed by atoms with E-state index in [1.165, 1.54) is 11.5 Å². The van der Waals surface area contributed by atoms with Crippen LogP contribution in [0.5, 0.6) is 0 Å². The molecule has 1 amide bonds. The number of hydrogen-bond acceptors (Lipinski definition) is 5. The van der Waals surface area contributed by atoms with Crippen LogP contribution in [0.2, 0.25) is 0 Å². The lowest BCUT2D eigenvalue weighted by Gasteiger charge is -2.23. The Bertz CT molecular complexity index is 349. The largest absolute Gasteiger partial charge is 0.377 e. The molecule has 1 aliphatic rings. The van der Waals surface area contributed by atoms with Crippen LogP contribution in [-0.2, 0) is 16.1 Å². The van der Waals surface area contributed by atoms with Gasteiger partial charge in [0.25, 0.3) is 0 Å². The Hall–Kier alpha value is -1.01. The first-order valence-corrected chi connectivity index (χ1v) is 5.69. The molecular formula is C9H13N3O2S. The van der Waals surface area contributed by atoms with Gasteiger partial charge in [-0.25, -0.2) is 4.98 Å². The minimum Gasteiger partial charge on any atom is -0.377 e. The van der Waals surface area contributed by atoms with Crippen molar-refractivity contribution in [3.8, 4) is 0 Å². The fourth-order valence-electron chi connectivity index (χ4n) is 1.37. The summed E-state index contributed by atoms with van der Waals surface area (Å²) in [5.74, 6) is 0.868. The average Bonchev–Trinajstić information content (AvgIpc) is 2.49. The zero-order valence-electron chi connectivity index (χ0n) is 8.52. The summed E-state index contributed by atoms with van der Waals surface area (Å²) in [6.07, 6.45) is 3.15. The van der Waals surface area contributed by atoms with Gasteiger partial charge in [-0.3, -0.25) is 4.79 Å². The molecule has 0 unspecified atom stereocenters. The predicted octanol–water partition coefficient (Wildman–Crippen LogP) is 1.42. The minimum atomic E-state index is 0.0707. The summed E-state index contributed by atoms with van der Waals surface area (Å²) in [6, 6.07) is 0. The molecule has 0 radical (unpaired) electrons. The fraction of sp³-hybridized carbons (Fsp3) is 0.667. The number of amides is 1. The summed E-state index contributed by atoms with van der Waals surface area (Å²) >= 11 is 1.20. The molecule has 1 fully saturated rings. The lowest BCUT2D eigenvalue weighted by atomic mass is 9.85. The molecular weight excluding hydrogens is 214 g/mol. The number of hydrogen-bond donors (Lipinski definition) is 1. The highest BCUT2D eigenvalue weighted by Crippen LogP contribution is 2.27. The molecule has 6 heteroatoms. The van der Waals surface area contributed by atoms with E-state index in [4.69, 9.17) is 4.74 Å². The molecule has 1 aromatic heterocycles. The Morgan fingerprint density at radius 3 is 3.07 bits per heavy atom. The fourth-order valence-corrected chi connectivity index (χ4v) is 1.95. The van der Waals surface area contributed by atoms with Gasteiger partial charge in [-0.15, -0.1) is 0 Å². The zero-order valence-corrected chi connectivity index (χ0v) is 9.34. The summed E-state index contributed by atoms with van der Waals surface area (Å²) in [5.41, 5.74) is 0. The number of methoxy groups -OCH3 is 1. The first-order valence-electron chi connectivity index (χ1n) is 4.92. The second-order valence-electron chi connectivity index (χ2n) is 3.57. The van der Waals surface area contributed by atoms with Gasteiger partial charge >= 0.3 is 0 Å². The highest BCUT2D eigenvalue weighted by atomic mass is 32.1. The van der Waals surface area contributed by atoms with Gasteiger partial charge < -0.3 is 10.1 Å². The van der Waals surface area contributed by atoms with Crippen molar-refractivity contribution >= 4 is 22.6 Å². The first kappa shape index (κ1) is 10.5. The van der Waals surface area contributed by atoms with Gasteiger partial charge in [-0.1, -0.05) is 6.42 Å². The van der Waals surface area contributed by atoms with Gasteiger partial charge in [0.05, 0.1) is 0 Å². The molecule has 0 atom stereocenters. The highest BCUT2D eigenvalue weighted by molar-refractivity contribution is 7.09. The second-order valence-corrected chi connectivity index (χ2v) is 4.32. The topological polar surface area (TPSA) is 64.1 Å². The normalized spacial score (nSPS) is 16.1. The van der Waals surface area contributed by atoms with Gasteiger partial charge in [-0.2, -0.15) is 4.37 Å². The standard InChI is InChI=1S/C9H13N3O2S/c1-14-5-7-10-9(15-12-7)11-8(13)6-3-2-4-6/h6H,2-5H2,1H3,(H,10,11,12,13). The third kappa shape index (κ3) is 2.51. The molecule has 1 aromatic rings. The van der Waals surface area contributed by atoms with Gasteiger partial charge in [0.1, 0.15) is 6.61 Å². The Morgan fingerprint density at radius 1 is 1.67 bits per heavy atom. The molecule has 82 valence electrons. The summed E-state index contributed by atoms with van der Waals surface area (Å²) in [7, 11) is 1.59. The SMILES string of the molecule is COCc1nsc(NC(=O)C2CCC2)n1. The van der Waals surface area contributed by atoms with Crippen molar-refractivity contribution in [2.45, 2.75) is 25.9 Å². The van der Waals surface area contributed by atoms with E-state index in [-0.39, 0.29) is 11.8 Å². The van der Waals surface area contributed by atoms with E-state index in [1.807, 2.05) is 0 Å². The van der Waals surface area contributed by atoms with Crippen LogP contribution in [0.25, 0.3) is 0 Å². The van der Waals surface area contributed by atoms with Crippen LogP contribution in [0.3, 0.4) is 0 Å². The maximum absolute atomic E-state index is 11.6. The number of carbonyl (C=O) groups is 1. The number of ether oxygens (including phenoxy) is 1. The maximum atomic E-state index is 11.6. The molecule has 0 aromatic carbocycles. The number of anilines is 1. The van der Waals surface area contributed by atoms with Crippen molar-refractivity contribution in [3.63, 3.8) is 0 Å². The molecule has 0 aliphatic heterocycles. The predicted molar refractivity (Wildman–Crippen MR) is 56.6 cm³/mol. The first-order chi connectivity index (χ1) is 7.29. The smallest absolute Gasteiger partial charge is 0.229 e. The lowest BCUT2D eigenvalue weighted by Crippen LogP contribution is -2.27. The summed E-state index contributed by atoms with van der Waals surface area (Å²) in [5, 5.41) is 3.34. The van der Waals surface area contributed by atoms with Gasteiger partial charge in [-0.05, 0) is 12.8 Å². The molecule has 15 heavy (non-hydrogen) atoms. The van der Waals surface area contributed by atoms with Crippen LogP contribution < -0.4 is 5.32 Å². The van der Waals surface area contributed by atoms with Crippen molar-refractivity contribution in [1.82, 2.24) is 9.36 Å². The minimum absolute atomic E-state index is 0.0707. The van der Waals surface area contributed by atoms with Gasteiger partial charge in [0.2, 0.25) is 11.0 Å². The summed E-state index contributed by atoms with van der Waals surface area (Å²) < 4.78 is 8.95. The maximum Gasteiger partial charge on any atom is 0.229 e. The van der Waals surface area contributed by atoms with Crippen molar-refractivity contribution in [1.29, 1.82) is 0 Å². The van der Waals surface area contributed by atoms with Crippen LogP contribution in [-0.4, -0.2) is 22.4 Å². The van der Waals surface area contributed by atoms with Crippen molar-refractivity contribution < 1.29 is 9.53 Å². The number of carbonyl (C=O) groups excluding carboxylic acids is 1. The van der Waals surface area contributed by atoms with Crippen LogP contribution in [0.4, 0.5) is 5.13 Å². The number of rotatable bonds is 4. The van der Waals surface area contributed by atoms with Crippen molar-refractivity contribution in [2.24, 2.45) is 5.92 Å². The summed E-state index contributed by atoms with van der Waals surface area (Å²) in [6.45, 7) is 0.385. The van der Waals surface area contributed by atoms with Gasteiger partial charge in [0, 0.05) is 24.6 Å². The van der Waals surface area contributed by atoms with Crippen LogP contribution in [0.15, 0.2) is 0 Å². The van der Waals surface area contributed by atoms with E-state index in [1.54, 1.807) is 7.11 Å². The molecule has 2 rings (SSSR count). The van der Waals surface area contributed by atoms with E-state index < -0.39 is 0 Å². The Morgan fingerprint density at radius 2 is 2.47 bits per heavy atom.